The van der Waals surface area contributed by atoms with Crippen molar-refractivity contribution in [2.75, 3.05) is 0 Å². The van der Waals surface area contributed by atoms with Crippen molar-refractivity contribution in [1.29, 1.82) is 0 Å². The maximum atomic E-state index is 11.1. The monoisotopic (exact) mass is 181 g/mol. The molecule has 0 fully saturated rings. The average Bonchev–Trinajstić information content (AvgIpc) is 2.24. The number of aromatic nitrogens is 1. The standard InChI is InChI=1S/C9H11NO3/c1-5-8(4-11)6(2)10(13)9(5)7(3)12/h4,13H,1-3H3. The first kappa shape index (κ1) is 9.51. The summed E-state index contributed by atoms with van der Waals surface area (Å²) in [4.78, 5) is 21.7. The van der Waals surface area contributed by atoms with Crippen LogP contribution in [0.3, 0.4) is 0 Å². The van der Waals surface area contributed by atoms with E-state index in [1.54, 1.807) is 13.8 Å². The fourth-order valence-electron chi connectivity index (χ4n) is 1.43. The van der Waals surface area contributed by atoms with Crippen molar-refractivity contribution in [1.82, 2.24) is 4.73 Å². The lowest BCUT2D eigenvalue weighted by Crippen LogP contribution is -2.05. The molecule has 1 heterocycles. The van der Waals surface area contributed by atoms with E-state index < -0.39 is 0 Å². The van der Waals surface area contributed by atoms with Crippen LogP contribution in [-0.2, 0) is 0 Å². The normalized spacial score (nSPS) is 10.1. The number of carbonyl (C=O) groups is 2. The van der Waals surface area contributed by atoms with Crippen LogP contribution in [0.1, 0.15) is 39.0 Å². The molecular weight excluding hydrogens is 170 g/mol. The van der Waals surface area contributed by atoms with Gasteiger partial charge in [-0.2, -0.15) is 4.73 Å². The van der Waals surface area contributed by atoms with Gasteiger partial charge in [-0.15, -0.1) is 0 Å². The molecule has 0 spiro atoms. The van der Waals surface area contributed by atoms with Gasteiger partial charge in [-0.05, 0) is 19.4 Å². The Balaban J connectivity index is 3.54. The van der Waals surface area contributed by atoms with Gasteiger partial charge in [0.15, 0.2) is 12.1 Å². The van der Waals surface area contributed by atoms with Crippen molar-refractivity contribution < 1.29 is 14.8 Å². The summed E-state index contributed by atoms with van der Waals surface area (Å²) in [5.74, 6) is -0.254. The predicted molar refractivity (Wildman–Crippen MR) is 46.5 cm³/mol. The van der Waals surface area contributed by atoms with Gasteiger partial charge < -0.3 is 5.21 Å². The molecule has 13 heavy (non-hydrogen) atoms. The molecule has 1 N–H and O–H groups in total. The van der Waals surface area contributed by atoms with E-state index in [2.05, 4.69) is 0 Å². The number of ketones is 1. The van der Waals surface area contributed by atoms with E-state index in [0.717, 1.165) is 4.73 Å². The van der Waals surface area contributed by atoms with Crippen LogP contribution in [-0.4, -0.2) is 22.0 Å². The number of hydrogen-bond acceptors (Lipinski definition) is 3. The molecule has 4 heteroatoms. The van der Waals surface area contributed by atoms with Gasteiger partial charge in [0.1, 0.15) is 5.69 Å². The van der Waals surface area contributed by atoms with E-state index in [4.69, 9.17) is 0 Å². The number of aldehydes is 1. The Kier molecular flexibility index (Phi) is 2.23. The Bertz CT molecular complexity index is 377. The Morgan fingerprint density at radius 1 is 1.46 bits per heavy atom. The second kappa shape index (κ2) is 3.05. The number of rotatable bonds is 2. The Morgan fingerprint density at radius 3 is 2.23 bits per heavy atom. The third-order valence-electron chi connectivity index (χ3n) is 2.13. The second-order valence-electron chi connectivity index (χ2n) is 2.96. The summed E-state index contributed by atoms with van der Waals surface area (Å²) in [5.41, 5.74) is 1.49. The number of carbonyl (C=O) groups excluding carboxylic acids is 2. The molecule has 1 aromatic rings. The highest BCUT2D eigenvalue weighted by atomic mass is 16.5. The predicted octanol–water partition coefficient (Wildman–Crippen LogP) is 1.36. The zero-order chi connectivity index (χ0) is 10.2. The SMILES string of the molecule is CC(=O)c1c(C)c(C=O)c(C)n1O. The van der Waals surface area contributed by atoms with Crippen LogP contribution in [0.25, 0.3) is 0 Å². The van der Waals surface area contributed by atoms with Crippen LogP contribution >= 0.6 is 0 Å². The molecule has 0 aromatic carbocycles. The highest BCUT2D eigenvalue weighted by molar-refractivity contribution is 5.97. The molecule has 0 atom stereocenters. The fraction of sp³-hybridized carbons (Fsp3) is 0.333. The van der Waals surface area contributed by atoms with Crippen molar-refractivity contribution in [3.8, 4) is 0 Å². The Labute approximate surface area is 75.7 Å². The molecule has 1 rings (SSSR count). The van der Waals surface area contributed by atoms with E-state index in [1.807, 2.05) is 0 Å². The van der Waals surface area contributed by atoms with Crippen molar-refractivity contribution in [2.24, 2.45) is 0 Å². The molecule has 0 bridgehead atoms. The molecular formula is C9H11NO3. The van der Waals surface area contributed by atoms with Gasteiger partial charge >= 0.3 is 0 Å². The van der Waals surface area contributed by atoms with E-state index in [1.165, 1.54) is 6.92 Å². The summed E-state index contributed by atoms with van der Waals surface area (Å²) < 4.78 is 0.765. The number of Topliss-reactive ketones (excluding diaryl/α,β-unsaturated/α-hetero) is 1. The molecule has 0 unspecified atom stereocenters. The topological polar surface area (TPSA) is 59.3 Å². The average molecular weight is 181 g/mol. The van der Waals surface area contributed by atoms with Crippen molar-refractivity contribution in [3.63, 3.8) is 0 Å². The number of hydrogen-bond donors (Lipinski definition) is 1. The Morgan fingerprint density at radius 2 is 2.00 bits per heavy atom. The molecule has 0 radical (unpaired) electrons. The zero-order valence-electron chi connectivity index (χ0n) is 7.79. The van der Waals surface area contributed by atoms with E-state index in [-0.39, 0.29) is 11.5 Å². The van der Waals surface area contributed by atoms with Crippen LogP contribution in [0.4, 0.5) is 0 Å². The fourth-order valence-corrected chi connectivity index (χ4v) is 1.43. The summed E-state index contributed by atoms with van der Waals surface area (Å²) in [6.45, 7) is 4.58. The minimum absolute atomic E-state index is 0.180. The lowest BCUT2D eigenvalue weighted by Gasteiger charge is -1.98. The second-order valence-corrected chi connectivity index (χ2v) is 2.96. The molecule has 70 valence electrons. The molecule has 0 aliphatic rings. The van der Waals surface area contributed by atoms with E-state index in [0.29, 0.717) is 23.1 Å². The summed E-state index contributed by atoms with van der Waals surface area (Å²) in [7, 11) is 0. The maximum Gasteiger partial charge on any atom is 0.179 e. The first-order valence-corrected chi connectivity index (χ1v) is 3.88. The molecule has 0 aliphatic carbocycles. The van der Waals surface area contributed by atoms with Gasteiger partial charge in [0.05, 0.1) is 5.69 Å². The maximum absolute atomic E-state index is 11.1. The van der Waals surface area contributed by atoms with E-state index >= 15 is 0 Å². The molecule has 1 aromatic heterocycles. The molecule has 4 nitrogen and oxygen atoms in total. The van der Waals surface area contributed by atoms with Crippen LogP contribution < -0.4 is 0 Å². The third-order valence-corrected chi connectivity index (χ3v) is 2.13. The van der Waals surface area contributed by atoms with Crippen molar-refractivity contribution in [2.45, 2.75) is 20.8 Å². The van der Waals surface area contributed by atoms with Gasteiger partial charge in [-0.1, -0.05) is 0 Å². The largest absolute Gasteiger partial charge is 0.428 e. The lowest BCUT2D eigenvalue weighted by molar-refractivity contribution is 0.0957. The molecule has 0 amide bonds. The van der Waals surface area contributed by atoms with Crippen molar-refractivity contribution in [3.05, 3.63) is 22.5 Å². The molecule has 0 saturated heterocycles. The molecule has 0 aliphatic heterocycles. The summed E-state index contributed by atoms with van der Waals surface area (Å²) in [6.07, 6.45) is 0.643. The summed E-state index contributed by atoms with van der Waals surface area (Å²) >= 11 is 0. The Hall–Kier alpha value is -1.58. The first-order chi connectivity index (χ1) is 6.00. The van der Waals surface area contributed by atoms with Crippen LogP contribution in [0.2, 0.25) is 0 Å². The van der Waals surface area contributed by atoms with Gasteiger partial charge in [-0.25, -0.2) is 0 Å². The van der Waals surface area contributed by atoms with Gasteiger partial charge in [0, 0.05) is 12.5 Å². The van der Waals surface area contributed by atoms with Crippen LogP contribution in [0.15, 0.2) is 0 Å². The third kappa shape index (κ3) is 1.24. The highest BCUT2D eigenvalue weighted by Gasteiger charge is 2.19. The van der Waals surface area contributed by atoms with Gasteiger partial charge in [-0.3, -0.25) is 9.59 Å². The summed E-state index contributed by atoms with van der Waals surface area (Å²) in [6, 6.07) is 0. The van der Waals surface area contributed by atoms with Gasteiger partial charge in [0.2, 0.25) is 0 Å². The van der Waals surface area contributed by atoms with E-state index in [9.17, 15) is 14.8 Å². The first-order valence-electron chi connectivity index (χ1n) is 3.88. The van der Waals surface area contributed by atoms with Crippen LogP contribution in [0.5, 0.6) is 0 Å². The quantitative estimate of drug-likeness (QED) is 0.425. The summed E-state index contributed by atoms with van der Waals surface area (Å²) in [5, 5.41) is 9.44. The van der Waals surface area contributed by atoms with Crippen LogP contribution in [0, 0.1) is 13.8 Å². The minimum Gasteiger partial charge on any atom is -0.428 e. The number of nitrogens with zero attached hydrogens (tertiary/aromatic N) is 1. The highest BCUT2D eigenvalue weighted by Crippen LogP contribution is 2.19. The minimum atomic E-state index is -0.254. The zero-order valence-corrected chi connectivity index (χ0v) is 7.79. The smallest absolute Gasteiger partial charge is 0.179 e. The lowest BCUT2D eigenvalue weighted by atomic mass is 10.1. The molecule has 0 saturated carbocycles. The van der Waals surface area contributed by atoms with Crippen molar-refractivity contribution >= 4 is 12.1 Å². The van der Waals surface area contributed by atoms with Gasteiger partial charge in [0.25, 0.3) is 0 Å².